The van der Waals surface area contributed by atoms with Crippen LogP contribution in [0.1, 0.15) is 5.56 Å². The Hall–Kier alpha value is -1.56. The first-order valence-corrected chi connectivity index (χ1v) is 4.04. The summed E-state index contributed by atoms with van der Waals surface area (Å²) < 4.78 is 25.6. The second-order valence-corrected chi connectivity index (χ2v) is 2.84. The fourth-order valence-corrected chi connectivity index (χ4v) is 0.832. The van der Waals surface area contributed by atoms with E-state index in [0.717, 1.165) is 24.4 Å². The van der Waals surface area contributed by atoms with Gasteiger partial charge in [0.1, 0.15) is 11.6 Å². The van der Waals surface area contributed by atoms with Gasteiger partial charge in [-0.3, -0.25) is 5.43 Å². The highest BCUT2D eigenvalue weighted by Crippen LogP contribution is 2.06. The zero-order valence-corrected chi connectivity index (χ0v) is 7.81. The Balaban J connectivity index is 2.80. The van der Waals surface area contributed by atoms with E-state index in [-0.39, 0.29) is 10.7 Å². The number of benzene rings is 1. The highest BCUT2D eigenvalue weighted by molar-refractivity contribution is 7.80. The van der Waals surface area contributed by atoms with Crippen molar-refractivity contribution in [2.75, 3.05) is 0 Å². The maximum absolute atomic E-state index is 12.9. The Morgan fingerprint density at radius 3 is 2.86 bits per heavy atom. The Bertz CT molecular complexity index is 379. The SMILES string of the molecule is NC(=S)N/N=C/c1cc(F)ccc1F. The van der Waals surface area contributed by atoms with Crippen molar-refractivity contribution in [3.8, 4) is 0 Å². The number of halogens is 2. The van der Waals surface area contributed by atoms with E-state index in [1.54, 1.807) is 0 Å². The summed E-state index contributed by atoms with van der Waals surface area (Å²) in [5.74, 6) is -1.11. The molecule has 0 amide bonds. The van der Waals surface area contributed by atoms with Crippen LogP contribution in [0.15, 0.2) is 23.3 Å². The summed E-state index contributed by atoms with van der Waals surface area (Å²) in [6.07, 6.45) is 1.09. The van der Waals surface area contributed by atoms with Crippen LogP contribution in [0.25, 0.3) is 0 Å². The quantitative estimate of drug-likeness (QED) is 0.442. The van der Waals surface area contributed by atoms with E-state index in [9.17, 15) is 8.78 Å². The molecule has 3 N–H and O–H groups in total. The maximum Gasteiger partial charge on any atom is 0.184 e. The Morgan fingerprint density at radius 2 is 2.21 bits per heavy atom. The molecule has 0 atom stereocenters. The minimum atomic E-state index is -0.570. The zero-order valence-electron chi connectivity index (χ0n) is 7.00. The smallest absolute Gasteiger partial charge is 0.184 e. The lowest BCUT2D eigenvalue weighted by Gasteiger charge is -1.97. The lowest BCUT2D eigenvalue weighted by Crippen LogP contribution is -2.24. The van der Waals surface area contributed by atoms with Gasteiger partial charge in [0.2, 0.25) is 0 Å². The fourth-order valence-electron chi connectivity index (χ4n) is 0.779. The molecular weight excluding hydrogens is 208 g/mol. The van der Waals surface area contributed by atoms with Gasteiger partial charge in [-0.05, 0) is 30.4 Å². The average molecular weight is 215 g/mol. The number of rotatable bonds is 2. The molecule has 0 aliphatic heterocycles. The number of hydrogen-bond donors (Lipinski definition) is 2. The molecule has 0 saturated carbocycles. The number of hydrazone groups is 1. The van der Waals surface area contributed by atoms with Crippen molar-refractivity contribution < 1.29 is 8.78 Å². The van der Waals surface area contributed by atoms with Crippen molar-refractivity contribution in [1.29, 1.82) is 0 Å². The van der Waals surface area contributed by atoms with Gasteiger partial charge >= 0.3 is 0 Å². The summed E-state index contributed by atoms with van der Waals surface area (Å²) in [5, 5.41) is 3.45. The number of nitrogens with two attached hydrogens (primary N) is 1. The number of hydrogen-bond acceptors (Lipinski definition) is 2. The molecule has 0 fully saturated rings. The van der Waals surface area contributed by atoms with Crippen molar-refractivity contribution in [3.63, 3.8) is 0 Å². The van der Waals surface area contributed by atoms with E-state index in [2.05, 4.69) is 22.7 Å². The highest BCUT2D eigenvalue weighted by atomic mass is 32.1. The van der Waals surface area contributed by atoms with Crippen molar-refractivity contribution in [2.45, 2.75) is 0 Å². The molecule has 74 valence electrons. The van der Waals surface area contributed by atoms with Crippen molar-refractivity contribution in [3.05, 3.63) is 35.4 Å². The molecule has 0 radical (unpaired) electrons. The summed E-state index contributed by atoms with van der Waals surface area (Å²) in [7, 11) is 0. The van der Waals surface area contributed by atoms with Gasteiger partial charge in [-0.1, -0.05) is 0 Å². The van der Waals surface area contributed by atoms with Crippen molar-refractivity contribution in [1.82, 2.24) is 5.43 Å². The molecule has 1 aromatic carbocycles. The highest BCUT2D eigenvalue weighted by Gasteiger charge is 2.00. The van der Waals surface area contributed by atoms with Crippen molar-refractivity contribution in [2.24, 2.45) is 10.8 Å². The van der Waals surface area contributed by atoms with Crippen LogP contribution in [0.3, 0.4) is 0 Å². The molecule has 1 rings (SSSR count). The lowest BCUT2D eigenvalue weighted by atomic mass is 10.2. The summed E-state index contributed by atoms with van der Waals surface area (Å²) >= 11 is 4.45. The normalized spacial score (nSPS) is 10.4. The topological polar surface area (TPSA) is 50.4 Å². The zero-order chi connectivity index (χ0) is 10.6. The van der Waals surface area contributed by atoms with Gasteiger partial charge in [-0.25, -0.2) is 8.78 Å². The Kier molecular flexibility index (Phi) is 3.47. The third-order valence-electron chi connectivity index (χ3n) is 1.34. The third kappa shape index (κ3) is 3.06. The van der Waals surface area contributed by atoms with Gasteiger partial charge in [-0.15, -0.1) is 0 Å². The van der Waals surface area contributed by atoms with Gasteiger partial charge in [0.15, 0.2) is 5.11 Å². The molecule has 0 bridgehead atoms. The standard InChI is InChI=1S/C8H7F2N3S/c9-6-1-2-7(10)5(3-6)4-12-13-8(11)14/h1-4H,(H3,11,13,14)/b12-4+. The molecule has 0 spiro atoms. The van der Waals surface area contributed by atoms with Crippen LogP contribution in [0.4, 0.5) is 8.78 Å². The molecule has 0 aliphatic carbocycles. The molecule has 0 heterocycles. The van der Waals surface area contributed by atoms with E-state index in [1.807, 2.05) is 0 Å². The third-order valence-corrected chi connectivity index (χ3v) is 1.43. The van der Waals surface area contributed by atoms with Crippen LogP contribution in [-0.2, 0) is 0 Å². The second-order valence-electron chi connectivity index (χ2n) is 2.40. The monoisotopic (exact) mass is 215 g/mol. The van der Waals surface area contributed by atoms with E-state index in [1.165, 1.54) is 0 Å². The minimum absolute atomic E-state index is 0.0220. The summed E-state index contributed by atoms with van der Waals surface area (Å²) in [5.41, 5.74) is 7.32. The van der Waals surface area contributed by atoms with Gasteiger partial charge in [0, 0.05) is 5.56 Å². The minimum Gasteiger partial charge on any atom is -0.375 e. The summed E-state index contributed by atoms with van der Waals surface area (Å²) in [4.78, 5) is 0. The first-order chi connectivity index (χ1) is 6.59. The predicted molar refractivity (Wildman–Crippen MR) is 53.9 cm³/mol. The van der Waals surface area contributed by atoms with Gasteiger partial charge in [0.25, 0.3) is 0 Å². The second kappa shape index (κ2) is 4.61. The first kappa shape index (κ1) is 10.5. The van der Waals surface area contributed by atoms with Gasteiger partial charge in [-0.2, -0.15) is 5.10 Å². The molecular formula is C8H7F2N3S. The summed E-state index contributed by atoms with van der Waals surface area (Å²) in [6, 6.07) is 3.05. The molecule has 0 saturated heterocycles. The number of nitrogens with one attached hydrogen (secondary N) is 1. The van der Waals surface area contributed by atoms with Gasteiger partial charge in [0.05, 0.1) is 6.21 Å². The Labute approximate surface area is 84.6 Å². The van der Waals surface area contributed by atoms with Crippen LogP contribution in [0, 0.1) is 11.6 Å². The average Bonchev–Trinajstić information content (AvgIpc) is 2.10. The molecule has 0 unspecified atom stereocenters. The molecule has 0 aromatic heterocycles. The maximum atomic E-state index is 12.9. The van der Waals surface area contributed by atoms with Gasteiger partial charge < -0.3 is 5.73 Å². The lowest BCUT2D eigenvalue weighted by molar-refractivity contribution is 0.598. The van der Waals surface area contributed by atoms with Crippen LogP contribution in [-0.4, -0.2) is 11.3 Å². The number of nitrogens with zero attached hydrogens (tertiary/aromatic N) is 1. The predicted octanol–water partition coefficient (Wildman–Crippen LogP) is 1.13. The molecule has 14 heavy (non-hydrogen) atoms. The largest absolute Gasteiger partial charge is 0.375 e. The fraction of sp³-hybridized carbons (Fsp3) is 0. The van der Waals surface area contributed by atoms with E-state index in [0.29, 0.717) is 0 Å². The van der Waals surface area contributed by atoms with Crippen LogP contribution in [0.2, 0.25) is 0 Å². The molecule has 3 nitrogen and oxygen atoms in total. The van der Waals surface area contributed by atoms with Crippen molar-refractivity contribution >= 4 is 23.5 Å². The van der Waals surface area contributed by atoms with E-state index < -0.39 is 11.6 Å². The first-order valence-electron chi connectivity index (χ1n) is 3.63. The molecule has 1 aromatic rings. The van der Waals surface area contributed by atoms with E-state index in [4.69, 9.17) is 5.73 Å². The number of thiocarbonyl (C=S) groups is 1. The van der Waals surface area contributed by atoms with Crippen LogP contribution < -0.4 is 11.2 Å². The van der Waals surface area contributed by atoms with Crippen LogP contribution in [0.5, 0.6) is 0 Å². The Morgan fingerprint density at radius 1 is 1.50 bits per heavy atom. The molecule has 6 heteroatoms. The summed E-state index contributed by atoms with van der Waals surface area (Å²) in [6.45, 7) is 0. The van der Waals surface area contributed by atoms with E-state index >= 15 is 0 Å². The molecule has 0 aliphatic rings. The van der Waals surface area contributed by atoms with Crippen LogP contribution >= 0.6 is 12.2 Å².